The molecular formula is C12H16Cl2FN3O2S. The first-order chi connectivity index (χ1) is 9.87. The van der Waals surface area contributed by atoms with Crippen LogP contribution in [0, 0.1) is 5.82 Å². The lowest BCUT2D eigenvalue weighted by molar-refractivity contribution is 0.254. The number of benzene rings is 1. The Bertz CT molecular complexity index is 584. The Morgan fingerprint density at radius 1 is 1.24 bits per heavy atom. The molecule has 2 N–H and O–H groups in total. The zero-order valence-electron chi connectivity index (χ0n) is 11.2. The predicted octanol–water partition coefficient (Wildman–Crippen LogP) is 1.78. The molecule has 1 fully saturated rings. The van der Waals surface area contributed by atoms with E-state index in [1.807, 2.05) is 0 Å². The van der Waals surface area contributed by atoms with Crippen molar-refractivity contribution in [3.8, 4) is 0 Å². The number of anilines is 1. The van der Waals surface area contributed by atoms with Crippen LogP contribution in [-0.4, -0.2) is 51.8 Å². The fourth-order valence-corrected chi connectivity index (χ4v) is 3.83. The molecule has 5 nitrogen and oxygen atoms in total. The van der Waals surface area contributed by atoms with Crippen LogP contribution in [0.1, 0.15) is 0 Å². The van der Waals surface area contributed by atoms with Gasteiger partial charge in [0.15, 0.2) is 0 Å². The van der Waals surface area contributed by atoms with Gasteiger partial charge in [-0.2, -0.15) is 0 Å². The largest absolute Gasteiger partial charge is 0.314 e. The molecule has 0 amide bonds. The van der Waals surface area contributed by atoms with Gasteiger partial charge >= 0.3 is 0 Å². The fourth-order valence-electron chi connectivity index (χ4n) is 2.03. The molecule has 0 aromatic heterocycles. The SMILES string of the molecule is O=S(=O)(CCN1CCNCC1)Nc1c(Cl)cc(F)cc1Cl. The second kappa shape index (κ2) is 7.11. The van der Waals surface area contributed by atoms with E-state index in [1.165, 1.54) is 0 Å². The summed E-state index contributed by atoms with van der Waals surface area (Å²) in [6.07, 6.45) is 0. The molecular weight excluding hydrogens is 340 g/mol. The van der Waals surface area contributed by atoms with Crippen molar-refractivity contribution in [1.82, 2.24) is 10.2 Å². The van der Waals surface area contributed by atoms with E-state index in [1.54, 1.807) is 0 Å². The third-order valence-corrected chi connectivity index (χ3v) is 4.98. The number of hydrogen-bond donors (Lipinski definition) is 2. The monoisotopic (exact) mass is 355 g/mol. The molecule has 0 bridgehead atoms. The standard InChI is InChI=1S/C12H16Cl2FN3O2S/c13-10-7-9(15)8-11(14)12(10)17-21(19,20)6-5-18-3-1-16-2-4-18/h7-8,16-17H,1-6H2. The number of piperazine rings is 1. The zero-order chi connectivity index (χ0) is 15.5. The highest BCUT2D eigenvalue weighted by atomic mass is 35.5. The second-order valence-corrected chi connectivity index (χ2v) is 7.41. The number of halogens is 3. The van der Waals surface area contributed by atoms with Gasteiger partial charge in [0.25, 0.3) is 0 Å². The molecule has 1 saturated heterocycles. The Balaban J connectivity index is 2.00. The lowest BCUT2D eigenvalue weighted by Gasteiger charge is -2.27. The van der Waals surface area contributed by atoms with E-state index in [0.717, 1.165) is 38.3 Å². The highest BCUT2D eigenvalue weighted by molar-refractivity contribution is 7.92. The molecule has 1 aromatic carbocycles. The predicted molar refractivity (Wildman–Crippen MR) is 83.1 cm³/mol. The van der Waals surface area contributed by atoms with E-state index in [4.69, 9.17) is 23.2 Å². The minimum atomic E-state index is -3.60. The molecule has 0 atom stereocenters. The van der Waals surface area contributed by atoms with E-state index in [0.29, 0.717) is 6.54 Å². The molecule has 0 spiro atoms. The average Bonchev–Trinajstić information content (AvgIpc) is 2.42. The van der Waals surface area contributed by atoms with E-state index in [9.17, 15) is 12.8 Å². The van der Waals surface area contributed by atoms with Gasteiger partial charge in [0.2, 0.25) is 10.0 Å². The number of rotatable bonds is 5. The summed E-state index contributed by atoms with van der Waals surface area (Å²) in [6, 6.07) is 2.03. The van der Waals surface area contributed by atoms with Crippen LogP contribution in [0.5, 0.6) is 0 Å². The molecule has 1 aliphatic heterocycles. The van der Waals surface area contributed by atoms with Crippen LogP contribution in [0.3, 0.4) is 0 Å². The summed E-state index contributed by atoms with van der Waals surface area (Å²) in [5.41, 5.74) is 0.0139. The van der Waals surface area contributed by atoms with Crippen LogP contribution >= 0.6 is 23.2 Å². The van der Waals surface area contributed by atoms with Gasteiger partial charge in [-0.25, -0.2) is 12.8 Å². The number of sulfonamides is 1. The first-order valence-corrected chi connectivity index (χ1v) is 8.86. The Morgan fingerprint density at radius 3 is 2.38 bits per heavy atom. The van der Waals surface area contributed by atoms with Crippen molar-refractivity contribution in [2.45, 2.75) is 0 Å². The zero-order valence-corrected chi connectivity index (χ0v) is 13.5. The van der Waals surface area contributed by atoms with Crippen LogP contribution in [0.2, 0.25) is 10.0 Å². The van der Waals surface area contributed by atoms with Gasteiger partial charge in [-0.05, 0) is 12.1 Å². The lowest BCUT2D eigenvalue weighted by atomic mass is 10.3. The van der Waals surface area contributed by atoms with E-state index >= 15 is 0 Å². The van der Waals surface area contributed by atoms with Crippen molar-refractivity contribution in [2.24, 2.45) is 0 Å². The van der Waals surface area contributed by atoms with E-state index in [-0.39, 0.29) is 21.5 Å². The Labute approximate surface area is 133 Å². The summed E-state index contributed by atoms with van der Waals surface area (Å²) in [6.45, 7) is 3.75. The van der Waals surface area contributed by atoms with Gasteiger partial charge in [-0.1, -0.05) is 23.2 Å². The molecule has 118 valence electrons. The molecule has 1 heterocycles. The normalized spacial score (nSPS) is 16.9. The number of nitrogens with zero attached hydrogens (tertiary/aromatic N) is 1. The topological polar surface area (TPSA) is 61.4 Å². The maximum Gasteiger partial charge on any atom is 0.234 e. The van der Waals surface area contributed by atoms with Crippen LogP contribution < -0.4 is 10.0 Å². The minimum absolute atomic E-state index is 0.0139. The first-order valence-electron chi connectivity index (χ1n) is 6.45. The van der Waals surface area contributed by atoms with Crippen LogP contribution in [0.15, 0.2) is 12.1 Å². The van der Waals surface area contributed by atoms with Crippen LogP contribution in [0.25, 0.3) is 0 Å². The quantitative estimate of drug-likeness (QED) is 0.844. The van der Waals surface area contributed by atoms with Gasteiger partial charge in [-0.3, -0.25) is 9.62 Å². The first kappa shape index (κ1) is 16.8. The van der Waals surface area contributed by atoms with Crippen LogP contribution in [0.4, 0.5) is 10.1 Å². The molecule has 0 aliphatic carbocycles. The Morgan fingerprint density at radius 2 is 1.81 bits per heavy atom. The summed E-state index contributed by atoms with van der Waals surface area (Å²) >= 11 is 11.6. The van der Waals surface area contributed by atoms with Crippen LogP contribution in [-0.2, 0) is 10.0 Å². The lowest BCUT2D eigenvalue weighted by Crippen LogP contribution is -2.45. The van der Waals surface area contributed by atoms with Crippen molar-refractivity contribution >= 4 is 38.9 Å². The van der Waals surface area contributed by atoms with Gasteiger partial charge in [-0.15, -0.1) is 0 Å². The molecule has 1 aromatic rings. The third kappa shape index (κ3) is 4.96. The maximum absolute atomic E-state index is 13.1. The highest BCUT2D eigenvalue weighted by Gasteiger charge is 2.18. The van der Waals surface area contributed by atoms with Crippen molar-refractivity contribution in [3.05, 3.63) is 28.0 Å². The number of nitrogens with one attached hydrogen (secondary N) is 2. The summed E-state index contributed by atoms with van der Waals surface area (Å²) < 4.78 is 39.5. The summed E-state index contributed by atoms with van der Waals surface area (Å²) in [4.78, 5) is 2.06. The van der Waals surface area contributed by atoms with Crippen molar-refractivity contribution in [1.29, 1.82) is 0 Å². The number of hydrogen-bond acceptors (Lipinski definition) is 4. The third-order valence-electron chi connectivity index (χ3n) is 3.15. The summed E-state index contributed by atoms with van der Waals surface area (Å²) in [7, 11) is -3.60. The van der Waals surface area contributed by atoms with Crippen molar-refractivity contribution in [2.75, 3.05) is 43.2 Å². The Hall–Kier alpha value is -0.600. The molecule has 0 saturated carbocycles. The fraction of sp³-hybridized carbons (Fsp3) is 0.500. The molecule has 1 aliphatic rings. The van der Waals surface area contributed by atoms with Gasteiger partial charge in [0.05, 0.1) is 21.5 Å². The summed E-state index contributed by atoms with van der Waals surface area (Å²) in [5.74, 6) is -0.689. The highest BCUT2D eigenvalue weighted by Crippen LogP contribution is 2.32. The van der Waals surface area contributed by atoms with E-state index < -0.39 is 15.8 Å². The minimum Gasteiger partial charge on any atom is -0.314 e. The van der Waals surface area contributed by atoms with Crippen molar-refractivity contribution in [3.63, 3.8) is 0 Å². The average molecular weight is 356 g/mol. The summed E-state index contributed by atoms with van der Waals surface area (Å²) in [5, 5.41) is 3.07. The molecule has 9 heteroatoms. The van der Waals surface area contributed by atoms with E-state index in [2.05, 4.69) is 14.9 Å². The molecule has 2 rings (SSSR count). The smallest absolute Gasteiger partial charge is 0.234 e. The molecule has 0 unspecified atom stereocenters. The second-order valence-electron chi connectivity index (χ2n) is 4.76. The van der Waals surface area contributed by atoms with Crippen molar-refractivity contribution < 1.29 is 12.8 Å². The molecule has 0 radical (unpaired) electrons. The van der Waals surface area contributed by atoms with Gasteiger partial charge < -0.3 is 5.32 Å². The maximum atomic E-state index is 13.1. The molecule has 21 heavy (non-hydrogen) atoms. The van der Waals surface area contributed by atoms with Gasteiger partial charge in [0, 0.05) is 32.7 Å². The van der Waals surface area contributed by atoms with Gasteiger partial charge in [0.1, 0.15) is 5.82 Å². The Kier molecular flexibility index (Phi) is 5.67.